The lowest BCUT2D eigenvalue weighted by atomic mass is 10.1. The van der Waals surface area contributed by atoms with Crippen molar-refractivity contribution in [2.24, 2.45) is 0 Å². The number of fused-ring (bicyclic) bond motifs is 5. The zero-order valence-corrected chi connectivity index (χ0v) is 17.8. The SMILES string of the molecule is CC(C)(C)OC(=O)N1CCN2c3c(cnc4cc(Br)c(Cl)cc34)OC[C@H]2C1. The summed E-state index contributed by atoms with van der Waals surface area (Å²) in [6.45, 7) is 7.99. The van der Waals surface area contributed by atoms with Gasteiger partial charge in [0.25, 0.3) is 0 Å². The highest BCUT2D eigenvalue weighted by Gasteiger charge is 2.37. The Hall–Kier alpha value is -1.73. The molecular formula is C19H21BrClN3O3. The highest BCUT2D eigenvalue weighted by molar-refractivity contribution is 9.10. The summed E-state index contributed by atoms with van der Waals surface area (Å²) >= 11 is 9.78. The number of carbonyl (C=O) groups excluding carboxylic acids is 1. The second kappa shape index (κ2) is 6.71. The van der Waals surface area contributed by atoms with E-state index in [1.807, 2.05) is 32.9 Å². The number of hydrogen-bond donors (Lipinski definition) is 0. The maximum Gasteiger partial charge on any atom is 0.410 e. The Morgan fingerprint density at radius 3 is 2.89 bits per heavy atom. The van der Waals surface area contributed by atoms with Crippen LogP contribution in [0.25, 0.3) is 10.9 Å². The van der Waals surface area contributed by atoms with E-state index < -0.39 is 5.60 Å². The minimum absolute atomic E-state index is 0.0618. The van der Waals surface area contributed by atoms with Crippen molar-refractivity contribution in [2.75, 3.05) is 31.1 Å². The molecule has 0 saturated carbocycles. The molecule has 0 N–H and O–H groups in total. The number of halogens is 2. The first kappa shape index (κ1) is 18.6. The molecule has 8 heteroatoms. The van der Waals surface area contributed by atoms with E-state index in [2.05, 4.69) is 25.8 Å². The van der Waals surface area contributed by atoms with Gasteiger partial charge in [-0.2, -0.15) is 0 Å². The van der Waals surface area contributed by atoms with Gasteiger partial charge in [-0.15, -0.1) is 0 Å². The third kappa shape index (κ3) is 3.55. The van der Waals surface area contributed by atoms with Gasteiger partial charge in [-0.25, -0.2) is 4.79 Å². The predicted molar refractivity (Wildman–Crippen MR) is 109 cm³/mol. The van der Waals surface area contributed by atoms with Gasteiger partial charge in [0.05, 0.1) is 28.5 Å². The number of benzene rings is 1. The van der Waals surface area contributed by atoms with Crippen molar-refractivity contribution in [3.05, 3.63) is 27.8 Å². The van der Waals surface area contributed by atoms with Crippen LogP contribution in [0, 0.1) is 0 Å². The molecular weight excluding hydrogens is 434 g/mol. The summed E-state index contributed by atoms with van der Waals surface area (Å²) < 4.78 is 12.3. The lowest BCUT2D eigenvalue weighted by molar-refractivity contribution is 0.0195. The Morgan fingerprint density at radius 2 is 2.15 bits per heavy atom. The zero-order chi connectivity index (χ0) is 19.3. The van der Waals surface area contributed by atoms with Crippen molar-refractivity contribution >= 4 is 50.2 Å². The minimum Gasteiger partial charge on any atom is -0.488 e. The molecule has 1 saturated heterocycles. The van der Waals surface area contributed by atoms with Crippen molar-refractivity contribution in [1.82, 2.24) is 9.88 Å². The molecule has 4 rings (SSSR count). The molecule has 1 aromatic carbocycles. The fourth-order valence-electron chi connectivity index (χ4n) is 3.53. The lowest BCUT2D eigenvalue weighted by Gasteiger charge is -2.45. The molecule has 1 aromatic heterocycles. The maximum absolute atomic E-state index is 12.4. The molecule has 6 nitrogen and oxygen atoms in total. The van der Waals surface area contributed by atoms with Crippen LogP contribution in [0.1, 0.15) is 20.8 Å². The van der Waals surface area contributed by atoms with Crippen LogP contribution < -0.4 is 9.64 Å². The van der Waals surface area contributed by atoms with Crippen molar-refractivity contribution < 1.29 is 14.3 Å². The second-order valence-corrected chi connectivity index (χ2v) is 9.10. The van der Waals surface area contributed by atoms with Gasteiger partial charge in [0.1, 0.15) is 12.2 Å². The van der Waals surface area contributed by atoms with Crippen LogP contribution in [0.15, 0.2) is 22.8 Å². The average Bonchev–Trinajstić information content (AvgIpc) is 2.60. The number of rotatable bonds is 0. The summed E-state index contributed by atoms with van der Waals surface area (Å²) in [5.74, 6) is 0.753. The normalized spacial score (nSPS) is 19.4. The number of amides is 1. The van der Waals surface area contributed by atoms with Crippen molar-refractivity contribution in [3.63, 3.8) is 0 Å². The van der Waals surface area contributed by atoms with Crippen LogP contribution in [0.2, 0.25) is 5.02 Å². The highest BCUT2D eigenvalue weighted by Crippen LogP contribution is 2.42. The third-order valence-electron chi connectivity index (χ3n) is 4.70. The fraction of sp³-hybridized carbons (Fsp3) is 0.474. The smallest absolute Gasteiger partial charge is 0.410 e. The van der Waals surface area contributed by atoms with Gasteiger partial charge in [-0.3, -0.25) is 4.98 Å². The second-order valence-electron chi connectivity index (χ2n) is 7.84. The molecule has 2 aliphatic heterocycles. The molecule has 0 spiro atoms. The van der Waals surface area contributed by atoms with E-state index in [9.17, 15) is 4.79 Å². The zero-order valence-electron chi connectivity index (χ0n) is 15.5. The quantitative estimate of drug-likeness (QED) is 0.588. The molecule has 2 aliphatic rings. The van der Waals surface area contributed by atoms with Crippen LogP contribution in [-0.2, 0) is 4.74 Å². The summed E-state index contributed by atoms with van der Waals surface area (Å²) in [5, 5.41) is 1.59. The first-order valence-electron chi connectivity index (χ1n) is 8.88. The van der Waals surface area contributed by atoms with E-state index >= 15 is 0 Å². The fourth-order valence-corrected chi connectivity index (χ4v) is 4.02. The Kier molecular flexibility index (Phi) is 4.63. The van der Waals surface area contributed by atoms with Crippen LogP contribution in [0.3, 0.4) is 0 Å². The molecule has 144 valence electrons. The van der Waals surface area contributed by atoms with E-state index in [-0.39, 0.29) is 12.1 Å². The molecule has 0 radical (unpaired) electrons. The number of hydrogen-bond acceptors (Lipinski definition) is 5. The number of ether oxygens (including phenoxy) is 2. The van der Waals surface area contributed by atoms with Crippen LogP contribution in [0.4, 0.5) is 10.5 Å². The Morgan fingerprint density at radius 1 is 1.37 bits per heavy atom. The predicted octanol–water partition coefficient (Wildman–Crippen LogP) is 4.47. The van der Waals surface area contributed by atoms with E-state index in [0.717, 1.165) is 26.8 Å². The molecule has 27 heavy (non-hydrogen) atoms. The number of piperazine rings is 1. The molecule has 0 unspecified atom stereocenters. The van der Waals surface area contributed by atoms with Crippen LogP contribution in [0.5, 0.6) is 5.75 Å². The molecule has 3 heterocycles. The van der Waals surface area contributed by atoms with Gasteiger partial charge in [0.2, 0.25) is 0 Å². The summed E-state index contributed by atoms with van der Waals surface area (Å²) in [4.78, 5) is 21.0. The van der Waals surface area contributed by atoms with Crippen molar-refractivity contribution in [2.45, 2.75) is 32.4 Å². The maximum atomic E-state index is 12.4. The van der Waals surface area contributed by atoms with Gasteiger partial charge in [0, 0.05) is 29.5 Å². The van der Waals surface area contributed by atoms with Crippen molar-refractivity contribution in [1.29, 1.82) is 0 Å². The summed E-state index contributed by atoms with van der Waals surface area (Å²) in [7, 11) is 0. The number of nitrogens with zero attached hydrogens (tertiary/aromatic N) is 3. The highest BCUT2D eigenvalue weighted by atomic mass is 79.9. The minimum atomic E-state index is -0.504. The average molecular weight is 455 g/mol. The van der Waals surface area contributed by atoms with Crippen LogP contribution in [-0.4, -0.2) is 53.9 Å². The monoisotopic (exact) mass is 453 g/mol. The number of pyridine rings is 1. The molecule has 0 bridgehead atoms. The topological polar surface area (TPSA) is 54.9 Å². The summed E-state index contributed by atoms with van der Waals surface area (Å²) in [6, 6.07) is 3.89. The van der Waals surface area contributed by atoms with Gasteiger partial charge in [-0.05, 0) is 48.8 Å². The van der Waals surface area contributed by atoms with Gasteiger partial charge in [-0.1, -0.05) is 11.6 Å². The number of aromatic nitrogens is 1. The molecule has 1 fully saturated rings. The number of carbonyl (C=O) groups is 1. The molecule has 1 atom stereocenters. The van der Waals surface area contributed by atoms with Crippen LogP contribution >= 0.6 is 27.5 Å². The van der Waals surface area contributed by atoms with E-state index in [0.29, 0.717) is 31.3 Å². The Labute approximate surface area is 171 Å². The van der Waals surface area contributed by atoms with E-state index in [1.165, 1.54) is 0 Å². The lowest BCUT2D eigenvalue weighted by Crippen LogP contribution is -2.59. The molecule has 1 amide bonds. The molecule has 2 aromatic rings. The number of anilines is 1. The van der Waals surface area contributed by atoms with Gasteiger partial charge < -0.3 is 19.3 Å². The van der Waals surface area contributed by atoms with Gasteiger partial charge >= 0.3 is 6.09 Å². The van der Waals surface area contributed by atoms with E-state index in [4.69, 9.17) is 21.1 Å². The largest absolute Gasteiger partial charge is 0.488 e. The Bertz CT molecular complexity index is 915. The van der Waals surface area contributed by atoms with Crippen molar-refractivity contribution in [3.8, 4) is 5.75 Å². The first-order valence-corrected chi connectivity index (χ1v) is 10.0. The van der Waals surface area contributed by atoms with Gasteiger partial charge in [0.15, 0.2) is 5.75 Å². The van der Waals surface area contributed by atoms with E-state index in [1.54, 1.807) is 11.1 Å². The Balaban J connectivity index is 1.64. The standard InChI is InChI=1S/C19H21BrClN3O3/c1-19(2,3)27-18(25)23-4-5-24-11(9-23)10-26-16-8-22-15-7-13(20)14(21)6-12(15)17(16)24/h6-8,11H,4-5,9-10H2,1-3H3/t11-/m1/s1. The first-order chi connectivity index (χ1) is 12.7. The summed E-state index contributed by atoms with van der Waals surface area (Å²) in [5.41, 5.74) is 1.34. The summed E-state index contributed by atoms with van der Waals surface area (Å²) in [6.07, 6.45) is 1.48. The third-order valence-corrected chi connectivity index (χ3v) is 5.90. The molecule has 0 aliphatic carbocycles.